The third-order valence-corrected chi connectivity index (χ3v) is 14.8. The Balaban J connectivity index is 0.968. The SMILES string of the molecule is C1=CCC2C(=C1)N(c1nc(-c3ccc4c5c(oc4c3)C=CCC5c3ccccc3)nc(-c3ccc4c(c3)oc3ccccc34)n1)c1cc3c(cc12)-c1ccccc1C31CCCCC1. The van der Waals surface area contributed by atoms with Gasteiger partial charge < -0.3 is 8.83 Å². The zero-order chi connectivity index (χ0) is 41.2. The lowest BCUT2D eigenvalue weighted by Gasteiger charge is -2.36. The highest BCUT2D eigenvalue weighted by Gasteiger charge is 2.47. The Morgan fingerprint density at radius 3 is 2.16 bits per heavy atom. The second kappa shape index (κ2) is 13.3. The number of anilines is 2. The van der Waals surface area contributed by atoms with E-state index >= 15 is 0 Å². The number of aromatic nitrogens is 3. The van der Waals surface area contributed by atoms with E-state index in [0.717, 1.165) is 62.6 Å². The molecule has 63 heavy (non-hydrogen) atoms. The number of hydrogen-bond acceptors (Lipinski definition) is 6. The fourth-order valence-corrected chi connectivity index (χ4v) is 11.9. The normalized spacial score (nSPS) is 19.0. The van der Waals surface area contributed by atoms with Crippen LogP contribution in [0.5, 0.6) is 0 Å². The molecule has 9 aromatic rings. The molecule has 0 radical (unpaired) electrons. The molecule has 6 aromatic carbocycles. The molecule has 0 saturated heterocycles. The number of rotatable bonds is 4. The molecule has 0 bridgehead atoms. The van der Waals surface area contributed by atoms with Gasteiger partial charge in [0.25, 0.3) is 0 Å². The van der Waals surface area contributed by atoms with Crippen molar-refractivity contribution in [3.63, 3.8) is 0 Å². The molecule has 0 N–H and O–H groups in total. The highest BCUT2D eigenvalue weighted by molar-refractivity contribution is 6.05. The first-order valence-corrected chi connectivity index (χ1v) is 22.6. The minimum absolute atomic E-state index is 0.0228. The van der Waals surface area contributed by atoms with Crippen LogP contribution in [-0.2, 0) is 5.41 Å². The zero-order valence-corrected chi connectivity index (χ0v) is 34.7. The van der Waals surface area contributed by atoms with Gasteiger partial charge in [-0.25, -0.2) is 4.98 Å². The third-order valence-electron chi connectivity index (χ3n) is 14.8. The van der Waals surface area contributed by atoms with E-state index in [1.54, 1.807) is 0 Å². The lowest BCUT2D eigenvalue weighted by molar-refractivity contribution is 0.353. The van der Waals surface area contributed by atoms with Crippen LogP contribution in [0.15, 0.2) is 166 Å². The fourth-order valence-electron chi connectivity index (χ4n) is 11.9. The molecule has 302 valence electrons. The first-order chi connectivity index (χ1) is 31.2. The minimum Gasteiger partial charge on any atom is -0.456 e. The second-order valence-electron chi connectivity index (χ2n) is 18.1. The summed E-state index contributed by atoms with van der Waals surface area (Å²) in [6.45, 7) is 0. The molecule has 1 saturated carbocycles. The number of furan rings is 2. The van der Waals surface area contributed by atoms with Crippen molar-refractivity contribution in [2.75, 3.05) is 4.90 Å². The van der Waals surface area contributed by atoms with Gasteiger partial charge in [-0.3, -0.25) is 4.90 Å². The van der Waals surface area contributed by atoms with Gasteiger partial charge in [0.2, 0.25) is 5.95 Å². The van der Waals surface area contributed by atoms with Gasteiger partial charge in [-0.05, 0) is 108 Å². The Labute approximate surface area is 365 Å². The molecule has 4 heterocycles. The maximum Gasteiger partial charge on any atom is 0.238 e. The lowest BCUT2D eigenvalue weighted by Crippen LogP contribution is -2.28. The summed E-state index contributed by atoms with van der Waals surface area (Å²) in [6.07, 6.45) is 19.1. The second-order valence-corrected chi connectivity index (χ2v) is 18.1. The highest BCUT2D eigenvalue weighted by atomic mass is 16.3. The van der Waals surface area contributed by atoms with Gasteiger partial charge in [0, 0.05) is 55.8 Å². The molecule has 1 aliphatic heterocycles. The molecule has 1 spiro atoms. The molecule has 3 aromatic heterocycles. The number of para-hydroxylation sites is 1. The van der Waals surface area contributed by atoms with Gasteiger partial charge in [0.15, 0.2) is 11.6 Å². The van der Waals surface area contributed by atoms with Crippen molar-refractivity contribution in [2.45, 2.75) is 62.2 Å². The summed E-state index contributed by atoms with van der Waals surface area (Å²) in [6, 6.07) is 46.0. The smallest absolute Gasteiger partial charge is 0.238 e. The molecule has 14 rings (SSSR count). The van der Waals surface area contributed by atoms with Crippen molar-refractivity contribution in [2.24, 2.45) is 0 Å². The van der Waals surface area contributed by atoms with E-state index in [4.69, 9.17) is 23.8 Å². The van der Waals surface area contributed by atoms with Gasteiger partial charge in [-0.2, -0.15) is 9.97 Å². The van der Waals surface area contributed by atoms with Crippen LogP contribution in [0, 0.1) is 0 Å². The molecular weight excluding hydrogens is 773 g/mol. The van der Waals surface area contributed by atoms with Crippen molar-refractivity contribution < 1.29 is 8.83 Å². The number of allylic oxidation sites excluding steroid dienone is 5. The van der Waals surface area contributed by atoms with Gasteiger partial charge in [0.1, 0.15) is 22.5 Å². The van der Waals surface area contributed by atoms with Crippen LogP contribution in [0.2, 0.25) is 0 Å². The van der Waals surface area contributed by atoms with E-state index in [2.05, 4.69) is 151 Å². The number of nitrogens with zero attached hydrogens (tertiary/aromatic N) is 4. The van der Waals surface area contributed by atoms with Crippen molar-refractivity contribution in [3.8, 4) is 33.9 Å². The summed E-state index contributed by atoms with van der Waals surface area (Å²) in [5.41, 5.74) is 16.3. The Morgan fingerprint density at radius 2 is 1.30 bits per heavy atom. The highest BCUT2D eigenvalue weighted by Crippen LogP contribution is 2.60. The monoisotopic (exact) mass is 814 g/mol. The van der Waals surface area contributed by atoms with Crippen molar-refractivity contribution >= 4 is 50.6 Å². The summed E-state index contributed by atoms with van der Waals surface area (Å²) >= 11 is 0. The lowest BCUT2D eigenvalue weighted by atomic mass is 9.67. The van der Waals surface area contributed by atoms with Gasteiger partial charge >= 0.3 is 0 Å². The van der Waals surface area contributed by atoms with Crippen molar-refractivity contribution in [1.29, 1.82) is 0 Å². The van der Waals surface area contributed by atoms with Crippen LogP contribution in [-0.4, -0.2) is 15.0 Å². The minimum atomic E-state index is 0.0228. The molecule has 4 aliphatic carbocycles. The Morgan fingerprint density at radius 1 is 0.571 bits per heavy atom. The molecule has 1 fully saturated rings. The predicted molar refractivity (Wildman–Crippen MR) is 252 cm³/mol. The van der Waals surface area contributed by atoms with Crippen LogP contribution in [0.25, 0.3) is 72.9 Å². The first-order valence-electron chi connectivity index (χ1n) is 22.6. The quantitative estimate of drug-likeness (QED) is 0.176. The topological polar surface area (TPSA) is 68.2 Å². The number of fused-ring (bicyclic) bond motifs is 14. The molecule has 2 unspecified atom stereocenters. The third kappa shape index (κ3) is 5.15. The van der Waals surface area contributed by atoms with Crippen LogP contribution in [0.4, 0.5) is 11.6 Å². The molecular formula is C57H42N4O2. The van der Waals surface area contributed by atoms with E-state index in [9.17, 15) is 0 Å². The molecule has 6 nitrogen and oxygen atoms in total. The zero-order valence-electron chi connectivity index (χ0n) is 34.7. The fraction of sp³-hybridized carbons (Fsp3) is 0.175. The molecule has 5 aliphatic rings. The Kier molecular flexibility index (Phi) is 7.48. The van der Waals surface area contributed by atoms with Crippen LogP contribution < -0.4 is 4.90 Å². The maximum absolute atomic E-state index is 6.67. The summed E-state index contributed by atoms with van der Waals surface area (Å²) in [5, 5.41) is 3.29. The van der Waals surface area contributed by atoms with E-state index in [1.165, 1.54) is 82.4 Å². The van der Waals surface area contributed by atoms with E-state index in [1.807, 2.05) is 12.1 Å². The van der Waals surface area contributed by atoms with Crippen LogP contribution in [0.1, 0.15) is 90.4 Å². The predicted octanol–water partition coefficient (Wildman–Crippen LogP) is 14.7. The number of benzene rings is 6. The molecule has 6 heteroatoms. The van der Waals surface area contributed by atoms with Crippen molar-refractivity contribution in [1.82, 2.24) is 15.0 Å². The average molecular weight is 815 g/mol. The summed E-state index contributed by atoms with van der Waals surface area (Å²) in [7, 11) is 0. The number of hydrogen-bond donors (Lipinski definition) is 0. The van der Waals surface area contributed by atoms with Crippen LogP contribution in [0.3, 0.4) is 0 Å². The Hall–Kier alpha value is -7.31. The van der Waals surface area contributed by atoms with E-state index < -0.39 is 0 Å². The standard InChI is InChI=1S/C57H42N4O2/c1-3-14-34(15-4-1)37-19-13-23-50-53(37)42-27-25-36(31-52(42)63-50)55-58-54(35-24-26-41-40-18-7-10-22-49(40)62-51(41)30-35)59-56(60-55)61-47-21-9-6-17-39(47)44-32-43-38-16-5-8-20-45(38)57(28-11-2-12-29-57)46(43)33-48(44)61/h1,3-10,13-16,18,20-27,30-33,37,39H,2,11-12,17,19,28-29H2. The Bertz CT molecular complexity index is 3470. The molecule has 2 atom stereocenters. The average Bonchev–Trinajstić information content (AvgIpc) is 4.08. The van der Waals surface area contributed by atoms with Gasteiger partial charge in [-0.15, -0.1) is 0 Å². The van der Waals surface area contributed by atoms with Gasteiger partial charge in [-0.1, -0.05) is 128 Å². The van der Waals surface area contributed by atoms with Gasteiger partial charge in [0.05, 0.1) is 5.69 Å². The van der Waals surface area contributed by atoms with E-state index in [-0.39, 0.29) is 17.3 Å². The van der Waals surface area contributed by atoms with Crippen molar-refractivity contribution in [3.05, 3.63) is 191 Å². The first kappa shape index (κ1) is 35.3. The maximum atomic E-state index is 6.67. The largest absolute Gasteiger partial charge is 0.456 e. The van der Waals surface area contributed by atoms with Crippen LogP contribution >= 0.6 is 0 Å². The molecule has 0 amide bonds. The summed E-state index contributed by atoms with van der Waals surface area (Å²) in [4.78, 5) is 18.5. The summed E-state index contributed by atoms with van der Waals surface area (Å²) < 4.78 is 13.1. The summed E-state index contributed by atoms with van der Waals surface area (Å²) in [5.74, 6) is 3.14. The van der Waals surface area contributed by atoms with E-state index in [0.29, 0.717) is 17.6 Å².